The fourth-order valence-corrected chi connectivity index (χ4v) is 1.75. The fraction of sp³-hybridized carbons (Fsp3) is 0.333. The summed E-state index contributed by atoms with van der Waals surface area (Å²) < 4.78 is 6.82. The van der Waals surface area contributed by atoms with Gasteiger partial charge in [-0.1, -0.05) is 0 Å². The minimum atomic E-state index is -0.0253. The average molecular weight is 264 g/mol. The van der Waals surface area contributed by atoms with Gasteiger partial charge < -0.3 is 14.2 Å². The molecule has 102 valence electrons. The van der Waals surface area contributed by atoms with E-state index >= 15 is 0 Å². The third kappa shape index (κ3) is 2.45. The molecule has 7 nitrogen and oxygen atoms in total. The van der Waals surface area contributed by atoms with E-state index in [1.807, 2.05) is 11.5 Å². The highest BCUT2D eigenvalue weighted by Gasteiger charge is 2.12. The van der Waals surface area contributed by atoms with Crippen LogP contribution >= 0.6 is 0 Å². The number of likely N-dealkylation sites (N-methyl/N-ethyl adjacent to an activating group) is 1. The van der Waals surface area contributed by atoms with E-state index in [-0.39, 0.29) is 18.3 Å². The number of amides is 1. The summed E-state index contributed by atoms with van der Waals surface area (Å²) in [7, 11) is 4.87. The molecule has 0 fully saturated rings. The molecular formula is C12H16N4O3. The number of carbonyl (C=O) groups is 1. The SMILES string of the molecule is COc1nc2c(ccn2CC(=O)N(C)C)cc1NO. The van der Waals surface area contributed by atoms with Crippen LogP contribution in [0.2, 0.25) is 0 Å². The molecule has 0 bridgehead atoms. The van der Waals surface area contributed by atoms with E-state index in [1.165, 1.54) is 12.0 Å². The Kier molecular flexibility index (Phi) is 3.57. The van der Waals surface area contributed by atoms with Crippen LogP contribution in [0.15, 0.2) is 18.3 Å². The molecule has 2 N–H and O–H groups in total. The number of carbonyl (C=O) groups excluding carboxylic acids is 1. The first-order valence-electron chi connectivity index (χ1n) is 5.71. The Labute approximate surface area is 110 Å². The quantitative estimate of drug-likeness (QED) is 0.803. The largest absolute Gasteiger partial charge is 0.479 e. The summed E-state index contributed by atoms with van der Waals surface area (Å²) in [5.74, 6) is 0.245. The van der Waals surface area contributed by atoms with Gasteiger partial charge in [0.25, 0.3) is 0 Å². The smallest absolute Gasteiger partial charge is 0.242 e. The van der Waals surface area contributed by atoms with E-state index in [4.69, 9.17) is 9.94 Å². The van der Waals surface area contributed by atoms with E-state index in [2.05, 4.69) is 4.98 Å². The van der Waals surface area contributed by atoms with Crippen LogP contribution in [-0.2, 0) is 11.3 Å². The van der Waals surface area contributed by atoms with Crippen molar-refractivity contribution < 1.29 is 14.7 Å². The lowest BCUT2D eigenvalue weighted by atomic mass is 10.3. The molecule has 2 aromatic rings. The van der Waals surface area contributed by atoms with E-state index in [0.717, 1.165) is 5.39 Å². The number of hydrogen-bond donors (Lipinski definition) is 2. The Morgan fingerprint density at radius 1 is 1.58 bits per heavy atom. The summed E-state index contributed by atoms with van der Waals surface area (Å²) in [5.41, 5.74) is 3.05. The van der Waals surface area contributed by atoms with Crippen molar-refractivity contribution in [3.8, 4) is 5.88 Å². The Morgan fingerprint density at radius 3 is 2.89 bits per heavy atom. The number of nitrogens with one attached hydrogen (secondary N) is 1. The third-order valence-corrected chi connectivity index (χ3v) is 2.82. The maximum Gasteiger partial charge on any atom is 0.242 e. The minimum Gasteiger partial charge on any atom is -0.479 e. The number of anilines is 1. The van der Waals surface area contributed by atoms with Crippen LogP contribution in [0.1, 0.15) is 0 Å². The molecule has 7 heteroatoms. The second-order valence-corrected chi connectivity index (χ2v) is 4.30. The van der Waals surface area contributed by atoms with Crippen molar-refractivity contribution in [3.05, 3.63) is 18.3 Å². The molecule has 19 heavy (non-hydrogen) atoms. The molecule has 0 aliphatic rings. The second-order valence-electron chi connectivity index (χ2n) is 4.30. The lowest BCUT2D eigenvalue weighted by molar-refractivity contribution is -0.129. The maximum absolute atomic E-state index is 11.7. The zero-order valence-corrected chi connectivity index (χ0v) is 11.0. The van der Waals surface area contributed by atoms with Crippen molar-refractivity contribution in [2.24, 2.45) is 0 Å². The predicted octanol–water partition coefficient (Wildman–Crippen LogP) is 0.934. The van der Waals surface area contributed by atoms with Gasteiger partial charge in [-0.2, -0.15) is 4.98 Å². The van der Waals surface area contributed by atoms with Gasteiger partial charge in [0.05, 0.1) is 7.11 Å². The molecule has 0 aliphatic heterocycles. The summed E-state index contributed by atoms with van der Waals surface area (Å²) in [6, 6.07) is 3.53. The van der Waals surface area contributed by atoms with Gasteiger partial charge in [0.15, 0.2) is 0 Å². The third-order valence-electron chi connectivity index (χ3n) is 2.82. The van der Waals surface area contributed by atoms with Crippen LogP contribution < -0.4 is 10.2 Å². The highest BCUT2D eigenvalue weighted by atomic mass is 16.5. The van der Waals surface area contributed by atoms with Crippen LogP contribution in [0.25, 0.3) is 11.0 Å². The van der Waals surface area contributed by atoms with E-state index in [1.54, 1.807) is 30.9 Å². The number of methoxy groups -OCH3 is 1. The van der Waals surface area contributed by atoms with Crippen molar-refractivity contribution in [1.29, 1.82) is 0 Å². The van der Waals surface area contributed by atoms with Crippen LogP contribution in [0, 0.1) is 0 Å². The normalized spacial score (nSPS) is 10.5. The molecule has 0 aromatic carbocycles. The summed E-state index contributed by atoms with van der Waals surface area (Å²) in [4.78, 5) is 17.5. The lowest BCUT2D eigenvalue weighted by Crippen LogP contribution is -2.26. The molecule has 0 radical (unpaired) electrons. The number of hydrogen-bond acceptors (Lipinski definition) is 5. The molecule has 2 heterocycles. The van der Waals surface area contributed by atoms with Crippen LogP contribution in [0.5, 0.6) is 5.88 Å². The fourth-order valence-electron chi connectivity index (χ4n) is 1.75. The molecule has 2 aromatic heterocycles. The zero-order valence-electron chi connectivity index (χ0n) is 11.0. The van der Waals surface area contributed by atoms with E-state index in [0.29, 0.717) is 11.3 Å². The maximum atomic E-state index is 11.7. The summed E-state index contributed by atoms with van der Waals surface area (Å²) >= 11 is 0. The molecule has 0 spiro atoms. The van der Waals surface area contributed by atoms with Gasteiger partial charge in [-0.15, -0.1) is 0 Å². The van der Waals surface area contributed by atoms with Crippen molar-refractivity contribution >= 4 is 22.6 Å². The molecule has 1 amide bonds. The van der Waals surface area contributed by atoms with E-state index < -0.39 is 0 Å². The number of ether oxygens (including phenoxy) is 1. The van der Waals surface area contributed by atoms with E-state index in [9.17, 15) is 4.79 Å². The first-order valence-corrected chi connectivity index (χ1v) is 5.71. The number of aromatic nitrogens is 2. The summed E-state index contributed by atoms with van der Waals surface area (Å²) in [5, 5.41) is 9.81. The van der Waals surface area contributed by atoms with Gasteiger partial charge >= 0.3 is 0 Å². The zero-order chi connectivity index (χ0) is 14.0. The number of nitrogens with zero attached hydrogens (tertiary/aromatic N) is 3. The molecule has 0 aliphatic carbocycles. The number of rotatable bonds is 4. The Balaban J connectivity index is 2.44. The van der Waals surface area contributed by atoms with Crippen LogP contribution in [-0.4, -0.2) is 46.8 Å². The number of fused-ring (bicyclic) bond motifs is 1. The average Bonchev–Trinajstić information content (AvgIpc) is 2.79. The Bertz CT molecular complexity index is 606. The number of pyridine rings is 1. The van der Waals surface area contributed by atoms with Crippen LogP contribution in [0.3, 0.4) is 0 Å². The van der Waals surface area contributed by atoms with Gasteiger partial charge in [0.2, 0.25) is 11.8 Å². The van der Waals surface area contributed by atoms with Gasteiger partial charge in [-0.05, 0) is 12.1 Å². The van der Waals surface area contributed by atoms with Crippen molar-refractivity contribution in [2.45, 2.75) is 6.54 Å². The Hall–Kier alpha value is -2.28. The summed E-state index contributed by atoms with van der Waals surface area (Å²) in [6.07, 6.45) is 1.78. The predicted molar refractivity (Wildman–Crippen MR) is 70.4 cm³/mol. The monoisotopic (exact) mass is 264 g/mol. The molecule has 2 rings (SSSR count). The van der Waals surface area contributed by atoms with Crippen molar-refractivity contribution in [3.63, 3.8) is 0 Å². The minimum absolute atomic E-state index is 0.0253. The molecule has 0 atom stereocenters. The van der Waals surface area contributed by atoms with Gasteiger partial charge in [-0.25, -0.2) is 0 Å². The first-order chi connectivity index (χ1) is 9.06. The van der Waals surface area contributed by atoms with Gasteiger partial charge in [0.1, 0.15) is 17.9 Å². The highest BCUT2D eigenvalue weighted by molar-refractivity contribution is 5.84. The van der Waals surface area contributed by atoms with Crippen molar-refractivity contribution in [2.75, 3.05) is 26.7 Å². The Morgan fingerprint density at radius 2 is 2.32 bits per heavy atom. The van der Waals surface area contributed by atoms with Crippen molar-refractivity contribution in [1.82, 2.24) is 14.5 Å². The standard InChI is InChI=1S/C12H16N4O3/c1-15(2)10(17)7-16-5-4-8-6-9(14-18)12(19-3)13-11(8)16/h4-6,14,18H,7H2,1-3H3. The highest BCUT2D eigenvalue weighted by Crippen LogP contribution is 2.26. The second kappa shape index (κ2) is 5.15. The molecule has 0 saturated carbocycles. The van der Waals surface area contributed by atoms with Crippen LogP contribution in [0.4, 0.5) is 5.69 Å². The molecule has 0 unspecified atom stereocenters. The topological polar surface area (TPSA) is 79.6 Å². The molecule has 0 saturated heterocycles. The van der Waals surface area contributed by atoms with Gasteiger partial charge in [-0.3, -0.25) is 15.5 Å². The first kappa shape index (κ1) is 13.2. The van der Waals surface area contributed by atoms with Gasteiger partial charge in [0, 0.05) is 25.7 Å². The lowest BCUT2D eigenvalue weighted by Gasteiger charge is -2.12. The molecular weight excluding hydrogens is 248 g/mol. The summed E-state index contributed by atoms with van der Waals surface area (Å²) in [6.45, 7) is 0.207.